The number of fused-ring (bicyclic) bond motifs is 2. The van der Waals surface area contributed by atoms with Crippen molar-refractivity contribution in [2.75, 3.05) is 5.73 Å². The molecule has 0 saturated carbocycles. The highest BCUT2D eigenvalue weighted by Gasteiger charge is 2.17. The molecule has 4 aromatic rings. The third-order valence-electron chi connectivity index (χ3n) is 4.34. The zero-order valence-corrected chi connectivity index (χ0v) is 12.7. The van der Waals surface area contributed by atoms with Crippen LogP contribution in [0.2, 0.25) is 0 Å². The maximum absolute atomic E-state index is 6.16. The predicted octanol–water partition coefficient (Wildman–Crippen LogP) is 3.64. The fourth-order valence-corrected chi connectivity index (χ4v) is 3.08. The van der Waals surface area contributed by atoms with Gasteiger partial charge in [-0.2, -0.15) is 0 Å². The molecule has 0 unspecified atom stereocenters. The summed E-state index contributed by atoms with van der Waals surface area (Å²) < 4.78 is 2.05. The highest BCUT2D eigenvalue weighted by atomic mass is 15.1. The van der Waals surface area contributed by atoms with Crippen molar-refractivity contribution in [1.82, 2.24) is 19.5 Å². The quantitative estimate of drug-likeness (QED) is 0.613. The maximum Gasteiger partial charge on any atom is 0.150 e. The largest absolute Gasteiger partial charge is 0.383 e. The highest BCUT2D eigenvalue weighted by Crippen LogP contribution is 2.36. The Labute approximate surface area is 137 Å². The summed E-state index contributed by atoms with van der Waals surface area (Å²) in [6, 6.07) is 10.2. The first-order chi connectivity index (χ1) is 11.8. The van der Waals surface area contributed by atoms with Gasteiger partial charge in [-0.15, -0.1) is 0 Å². The Kier molecular flexibility index (Phi) is 2.58. The van der Waals surface area contributed by atoms with E-state index in [9.17, 15) is 0 Å². The van der Waals surface area contributed by atoms with Gasteiger partial charge in [0.05, 0.1) is 10.9 Å². The number of aromatic nitrogens is 4. The van der Waals surface area contributed by atoms with Gasteiger partial charge in [-0.3, -0.25) is 4.98 Å². The van der Waals surface area contributed by atoms with E-state index in [1.807, 2.05) is 28.9 Å². The van der Waals surface area contributed by atoms with Crippen molar-refractivity contribution in [3.05, 3.63) is 67.3 Å². The molecule has 0 bridgehead atoms. The van der Waals surface area contributed by atoms with Crippen LogP contribution in [-0.4, -0.2) is 19.5 Å². The normalized spacial score (nSPS) is 13.2. The number of allylic oxidation sites excluding steroid dienone is 4. The minimum atomic E-state index is 0.485. The zero-order chi connectivity index (χ0) is 16.1. The van der Waals surface area contributed by atoms with Gasteiger partial charge < -0.3 is 10.3 Å². The van der Waals surface area contributed by atoms with Crippen LogP contribution in [0.3, 0.4) is 0 Å². The van der Waals surface area contributed by atoms with Crippen LogP contribution in [0, 0.1) is 0 Å². The van der Waals surface area contributed by atoms with Gasteiger partial charge in [0.1, 0.15) is 12.1 Å². The van der Waals surface area contributed by atoms with Crippen LogP contribution in [0.5, 0.6) is 0 Å². The van der Waals surface area contributed by atoms with E-state index in [0.29, 0.717) is 5.82 Å². The molecule has 0 spiro atoms. The molecule has 0 fully saturated rings. The number of rotatable bonds is 2. The van der Waals surface area contributed by atoms with Gasteiger partial charge in [0.2, 0.25) is 0 Å². The Hall–Kier alpha value is -3.47. The molecule has 5 nitrogen and oxygen atoms in total. The number of pyridine rings is 1. The van der Waals surface area contributed by atoms with E-state index in [4.69, 9.17) is 5.73 Å². The second-order valence-corrected chi connectivity index (χ2v) is 5.73. The Balaban J connectivity index is 1.81. The topological polar surface area (TPSA) is 69.6 Å². The maximum atomic E-state index is 6.16. The van der Waals surface area contributed by atoms with Crippen LogP contribution in [0.1, 0.15) is 0 Å². The first kappa shape index (κ1) is 13.0. The Morgan fingerprint density at radius 3 is 2.79 bits per heavy atom. The fourth-order valence-electron chi connectivity index (χ4n) is 3.08. The Bertz CT molecular complexity index is 1170. The molecule has 3 heterocycles. The molecule has 1 aliphatic rings. The van der Waals surface area contributed by atoms with E-state index in [0.717, 1.165) is 38.8 Å². The average molecular weight is 311 g/mol. The molecule has 3 aromatic heterocycles. The van der Waals surface area contributed by atoms with Crippen molar-refractivity contribution in [1.29, 1.82) is 0 Å². The summed E-state index contributed by atoms with van der Waals surface area (Å²) >= 11 is 0. The summed E-state index contributed by atoms with van der Waals surface area (Å²) in [6.07, 6.45) is 11.5. The van der Waals surface area contributed by atoms with Gasteiger partial charge in [0.25, 0.3) is 0 Å². The van der Waals surface area contributed by atoms with Crippen LogP contribution in [-0.2, 0) is 0 Å². The molecule has 0 amide bonds. The monoisotopic (exact) mass is 311 g/mol. The van der Waals surface area contributed by atoms with Crippen molar-refractivity contribution < 1.29 is 0 Å². The van der Waals surface area contributed by atoms with E-state index in [1.165, 1.54) is 6.33 Å². The van der Waals surface area contributed by atoms with Gasteiger partial charge >= 0.3 is 0 Å². The lowest BCUT2D eigenvalue weighted by atomic mass is 10.0. The lowest BCUT2D eigenvalue weighted by molar-refractivity contribution is 1.10. The number of anilines is 1. The summed E-state index contributed by atoms with van der Waals surface area (Å²) in [4.78, 5) is 13.1. The van der Waals surface area contributed by atoms with Crippen molar-refractivity contribution in [3.63, 3.8) is 0 Å². The van der Waals surface area contributed by atoms with E-state index in [2.05, 4.69) is 45.4 Å². The zero-order valence-electron chi connectivity index (χ0n) is 12.7. The standard InChI is InChI=1S/C19H13N5/c20-18-17-15(13-7-6-12-3-2-8-21-16(12)9-13)10-24(14-4-1-5-14)19(17)23-11-22-18/h1-11H,(H2,20,22,23). The number of benzene rings is 1. The molecule has 0 atom stereocenters. The number of hydrogen-bond donors (Lipinski definition) is 1. The van der Waals surface area contributed by atoms with Crippen LogP contribution in [0.15, 0.2) is 67.3 Å². The van der Waals surface area contributed by atoms with Crippen molar-refractivity contribution in [3.8, 4) is 11.1 Å². The number of nitrogens with zero attached hydrogens (tertiary/aromatic N) is 4. The third kappa shape index (κ3) is 1.78. The SMILES string of the molecule is Nc1ncnc2c1c(-c1ccc3cccnc3c1)cn2C1=CC=C1. The van der Waals surface area contributed by atoms with Crippen molar-refractivity contribution in [2.45, 2.75) is 0 Å². The second kappa shape index (κ2) is 4.76. The van der Waals surface area contributed by atoms with Crippen LogP contribution >= 0.6 is 0 Å². The minimum absolute atomic E-state index is 0.485. The average Bonchev–Trinajstić information content (AvgIpc) is 2.94. The van der Waals surface area contributed by atoms with E-state index >= 15 is 0 Å². The summed E-state index contributed by atoms with van der Waals surface area (Å²) in [6.45, 7) is 0. The number of hydrogen-bond acceptors (Lipinski definition) is 4. The van der Waals surface area contributed by atoms with E-state index in [-0.39, 0.29) is 0 Å². The first-order valence-electron chi connectivity index (χ1n) is 7.67. The molecule has 0 saturated heterocycles. The third-order valence-corrected chi connectivity index (χ3v) is 4.34. The van der Waals surface area contributed by atoms with Crippen molar-refractivity contribution in [2.24, 2.45) is 0 Å². The molecule has 24 heavy (non-hydrogen) atoms. The van der Waals surface area contributed by atoms with Crippen molar-refractivity contribution >= 4 is 33.5 Å². The van der Waals surface area contributed by atoms with Crippen LogP contribution < -0.4 is 5.73 Å². The molecule has 5 rings (SSSR count). The summed E-state index contributed by atoms with van der Waals surface area (Å²) in [5.74, 6) is 0.485. The lowest BCUT2D eigenvalue weighted by Gasteiger charge is -2.09. The Morgan fingerprint density at radius 1 is 1.04 bits per heavy atom. The Morgan fingerprint density at radius 2 is 1.96 bits per heavy atom. The van der Waals surface area contributed by atoms with Crippen LogP contribution in [0.4, 0.5) is 5.82 Å². The second-order valence-electron chi connectivity index (χ2n) is 5.73. The van der Waals surface area contributed by atoms with Gasteiger partial charge in [-0.25, -0.2) is 9.97 Å². The van der Waals surface area contributed by atoms with E-state index < -0.39 is 0 Å². The summed E-state index contributed by atoms with van der Waals surface area (Å²) in [5, 5.41) is 1.98. The summed E-state index contributed by atoms with van der Waals surface area (Å²) in [7, 11) is 0. The van der Waals surface area contributed by atoms with Gasteiger partial charge in [-0.05, 0) is 29.8 Å². The lowest BCUT2D eigenvalue weighted by Crippen LogP contribution is -1.99. The molecule has 1 aliphatic carbocycles. The van der Waals surface area contributed by atoms with Gasteiger partial charge in [0, 0.05) is 29.0 Å². The smallest absolute Gasteiger partial charge is 0.150 e. The van der Waals surface area contributed by atoms with E-state index in [1.54, 1.807) is 6.20 Å². The van der Waals surface area contributed by atoms with Gasteiger partial charge in [-0.1, -0.05) is 24.3 Å². The molecule has 0 radical (unpaired) electrons. The molecular weight excluding hydrogens is 298 g/mol. The van der Waals surface area contributed by atoms with Crippen LogP contribution in [0.25, 0.3) is 38.8 Å². The molecule has 114 valence electrons. The minimum Gasteiger partial charge on any atom is -0.383 e. The molecule has 0 aliphatic heterocycles. The molecule has 2 N–H and O–H groups in total. The predicted molar refractivity (Wildman–Crippen MR) is 96.1 cm³/mol. The highest BCUT2D eigenvalue weighted by molar-refractivity contribution is 6.03. The first-order valence-corrected chi connectivity index (χ1v) is 7.67. The summed E-state index contributed by atoms with van der Waals surface area (Å²) in [5.41, 5.74) is 11.1. The fraction of sp³-hybridized carbons (Fsp3) is 0. The molecule has 1 aromatic carbocycles. The molecule has 5 heteroatoms. The number of nitrogens with two attached hydrogens (primary N) is 1. The van der Waals surface area contributed by atoms with Gasteiger partial charge in [0.15, 0.2) is 5.65 Å². The number of nitrogen functional groups attached to an aromatic ring is 1. The molecular formula is C19H13N5.